The fourth-order valence-electron chi connectivity index (χ4n) is 5.15. The van der Waals surface area contributed by atoms with Gasteiger partial charge in [0.25, 0.3) is 11.9 Å². The van der Waals surface area contributed by atoms with Gasteiger partial charge in [0.15, 0.2) is 0 Å². The van der Waals surface area contributed by atoms with Gasteiger partial charge in [-0.3, -0.25) is 9.59 Å². The average molecular weight is 437 g/mol. The van der Waals surface area contributed by atoms with Gasteiger partial charge in [-0.25, -0.2) is 14.4 Å². The summed E-state index contributed by atoms with van der Waals surface area (Å²) in [5.74, 6) is -0.481. The molecular weight excluding hydrogens is 413 g/mol. The minimum atomic E-state index is -0.393. The third kappa shape index (κ3) is 3.23. The van der Waals surface area contributed by atoms with Gasteiger partial charge in [0, 0.05) is 29.4 Å². The molecule has 166 valence electrons. The van der Waals surface area contributed by atoms with Crippen molar-refractivity contribution in [2.45, 2.75) is 51.0 Å². The summed E-state index contributed by atoms with van der Waals surface area (Å²) in [6.45, 7) is 1.83. The molecule has 9 heteroatoms. The first-order valence-electron chi connectivity index (χ1n) is 10.7. The summed E-state index contributed by atoms with van der Waals surface area (Å²) in [5, 5.41) is 8.39. The van der Waals surface area contributed by atoms with E-state index in [-0.39, 0.29) is 29.2 Å². The van der Waals surface area contributed by atoms with Crippen molar-refractivity contribution in [2.75, 3.05) is 7.11 Å². The molecule has 2 bridgehead atoms. The van der Waals surface area contributed by atoms with E-state index in [0.29, 0.717) is 11.1 Å². The van der Waals surface area contributed by atoms with Gasteiger partial charge in [-0.2, -0.15) is 9.78 Å². The van der Waals surface area contributed by atoms with Crippen LogP contribution in [0.1, 0.15) is 54.6 Å². The number of ether oxygens (including phenoxy) is 1. The Bertz CT molecular complexity index is 1200. The van der Waals surface area contributed by atoms with E-state index in [9.17, 15) is 14.0 Å². The maximum Gasteiger partial charge on any atom is 0.311 e. The smallest absolute Gasteiger partial charge is 0.311 e. The van der Waals surface area contributed by atoms with Gasteiger partial charge >= 0.3 is 5.97 Å². The minimum Gasteiger partial charge on any atom is -0.469 e. The number of hydrogen-bond acceptors (Lipinski definition) is 6. The van der Waals surface area contributed by atoms with Gasteiger partial charge in [-0.15, -0.1) is 0 Å². The molecule has 6 rings (SSSR count). The number of benzene rings is 1. The molecule has 2 aromatic heterocycles. The quantitative estimate of drug-likeness (QED) is 0.629. The second-order valence-corrected chi connectivity index (χ2v) is 8.94. The highest BCUT2D eigenvalue weighted by molar-refractivity contribution is 5.94. The number of fused-ring (bicyclic) bond motifs is 4. The van der Waals surface area contributed by atoms with Crippen molar-refractivity contribution < 1.29 is 18.7 Å². The molecule has 0 saturated heterocycles. The van der Waals surface area contributed by atoms with Crippen molar-refractivity contribution in [2.24, 2.45) is 5.41 Å². The van der Waals surface area contributed by atoms with Gasteiger partial charge in [-0.1, -0.05) is 0 Å². The zero-order valence-electron chi connectivity index (χ0n) is 18.0. The van der Waals surface area contributed by atoms with Crippen LogP contribution in [0.2, 0.25) is 0 Å². The first-order chi connectivity index (χ1) is 15.3. The number of carbonyl (C=O) groups excluding carboxylic acids is 2. The van der Waals surface area contributed by atoms with Crippen LogP contribution >= 0.6 is 0 Å². The highest BCUT2D eigenvalue weighted by Crippen LogP contribution is 2.52. The largest absolute Gasteiger partial charge is 0.469 e. The Kier molecular flexibility index (Phi) is 4.72. The van der Waals surface area contributed by atoms with Crippen molar-refractivity contribution in [1.82, 2.24) is 25.1 Å². The van der Waals surface area contributed by atoms with Crippen LogP contribution in [0.3, 0.4) is 0 Å². The topological polar surface area (TPSA) is 99.0 Å². The van der Waals surface area contributed by atoms with E-state index < -0.39 is 5.41 Å². The highest BCUT2D eigenvalue weighted by atomic mass is 19.1. The second-order valence-electron chi connectivity index (χ2n) is 8.94. The summed E-state index contributed by atoms with van der Waals surface area (Å²) in [6, 6.07) is 4.45. The van der Waals surface area contributed by atoms with E-state index in [1.165, 1.54) is 36.3 Å². The van der Waals surface area contributed by atoms with E-state index in [4.69, 9.17) is 4.74 Å². The Morgan fingerprint density at radius 1 is 1.09 bits per heavy atom. The summed E-state index contributed by atoms with van der Waals surface area (Å²) < 4.78 is 20.2. The lowest BCUT2D eigenvalue weighted by atomic mass is 9.57. The van der Waals surface area contributed by atoms with Crippen molar-refractivity contribution in [3.63, 3.8) is 0 Å². The number of nitrogens with one attached hydrogen (secondary N) is 1. The van der Waals surface area contributed by atoms with Crippen LogP contribution in [0, 0.1) is 18.2 Å². The van der Waals surface area contributed by atoms with Crippen LogP contribution in [-0.4, -0.2) is 44.3 Å². The predicted molar refractivity (Wildman–Crippen MR) is 114 cm³/mol. The Hall–Kier alpha value is -3.36. The molecule has 1 amide bonds. The molecular formula is C23H24FN5O3. The van der Waals surface area contributed by atoms with Crippen LogP contribution in [0.4, 0.5) is 4.39 Å². The van der Waals surface area contributed by atoms with Crippen molar-refractivity contribution in [1.29, 1.82) is 0 Å². The van der Waals surface area contributed by atoms with Gasteiger partial charge in [-0.05, 0) is 57.6 Å². The maximum atomic E-state index is 13.7. The standard InChI is InChI=1S/C23H24FN5O3/c1-14-17-4-3-16(24)11-18(17)29(28-14)21-25-12-15(13-26-21)19(30)27-23-8-5-22(6-9-23,7-10-23)20(31)32-2/h3-4,11-13H,5-10H2,1-2H3,(H,27,30). The SMILES string of the molecule is COC(=O)C12CCC(NC(=O)c3cnc(-n4nc(C)c5ccc(F)cc54)nc3)(CC1)CC2. The number of methoxy groups -OCH3 is 1. The Morgan fingerprint density at radius 3 is 2.38 bits per heavy atom. The average Bonchev–Trinajstić information content (AvgIpc) is 3.15. The number of halogens is 1. The molecule has 3 aliphatic rings. The molecule has 2 heterocycles. The summed E-state index contributed by atoms with van der Waals surface area (Å²) >= 11 is 0. The third-order valence-corrected chi connectivity index (χ3v) is 7.16. The molecule has 8 nitrogen and oxygen atoms in total. The molecule has 1 N–H and O–H groups in total. The number of nitrogens with zero attached hydrogens (tertiary/aromatic N) is 4. The molecule has 0 unspecified atom stereocenters. The fraction of sp³-hybridized carbons (Fsp3) is 0.435. The summed E-state index contributed by atoms with van der Waals surface area (Å²) in [6.07, 6.45) is 7.32. The van der Waals surface area contributed by atoms with Crippen molar-refractivity contribution in [3.8, 4) is 5.95 Å². The van der Waals surface area contributed by atoms with Gasteiger partial charge in [0.1, 0.15) is 5.82 Å². The molecule has 1 aromatic carbocycles. The van der Waals surface area contributed by atoms with Crippen LogP contribution < -0.4 is 5.32 Å². The molecule has 3 aliphatic carbocycles. The maximum absolute atomic E-state index is 13.7. The Labute approximate surface area is 184 Å². The lowest BCUT2D eigenvalue weighted by molar-refractivity contribution is -0.160. The van der Waals surface area contributed by atoms with E-state index >= 15 is 0 Å². The predicted octanol–water partition coefficient (Wildman–Crippen LogP) is 3.26. The molecule has 3 fully saturated rings. The number of rotatable bonds is 4. The molecule has 0 atom stereocenters. The summed E-state index contributed by atoms with van der Waals surface area (Å²) in [7, 11) is 1.43. The monoisotopic (exact) mass is 437 g/mol. The molecule has 3 aromatic rings. The zero-order chi connectivity index (χ0) is 22.5. The summed E-state index contributed by atoms with van der Waals surface area (Å²) in [4.78, 5) is 33.7. The minimum absolute atomic E-state index is 0.137. The van der Waals surface area contributed by atoms with Gasteiger partial charge in [0.2, 0.25) is 0 Å². The lowest BCUT2D eigenvalue weighted by Crippen LogP contribution is -2.58. The number of carbonyl (C=O) groups is 2. The Morgan fingerprint density at radius 2 is 1.75 bits per heavy atom. The molecule has 32 heavy (non-hydrogen) atoms. The van der Waals surface area contributed by atoms with E-state index in [1.807, 2.05) is 6.92 Å². The second kappa shape index (κ2) is 7.36. The first kappa shape index (κ1) is 20.5. The van der Waals surface area contributed by atoms with Crippen molar-refractivity contribution in [3.05, 3.63) is 47.7 Å². The van der Waals surface area contributed by atoms with Crippen LogP contribution in [0.15, 0.2) is 30.6 Å². The van der Waals surface area contributed by atoms with E-state index in [0.717, 1.165) is 49.6 Å². The number of esters is 1. The van der Waals surface area contributed by atoms with Crippen LogP contribution in [0.5, 0.6) is 0 Å². The Balaban J connectivity index is 1.33. The van der Waals surface area contributed by atoms with Crippen molar-refractivity contribution >= 4 is 22.8 Å². The number of amides is 1. The first-order valence-corrected chi connectivity index (χ1v) is 10.7. The summed E-state index contributed by atoms with van der Waals surface area (Å²) in [5.41, 5.74) is 0.950. The molecule has 0 aliphatic heterocycles. The number of hydrogen-bond donors (Lipinski definition) is 1. The molecule has 3 saturated carbocycles. The lowest BCUT2D eigenvalue weighted by Gasteiger charge is -2.51. The van der Waals surface area contributed by atoms with Gasteiger partial charge < -0.3 is 10.1 Å². The zero-order valence-corrected chi connectivity index (χ0v) is 18.0. The molecule has 0 radical (unpaired) electrons. The molecule has 0 spiro atoms. The number of aromatic nitrogens is 4. The van der Waals surface area contributed by atoms with E-state index in [1.54, 1.807) is 6.07 Å². The number of aryl methyl sites for hydroxylation is 1. The van der Waals surface area contributed by atoms with Crippen LogP contribution in [-0.2, 0) is 9.53 Å². The van der Waals surface area contributed by atoms with E-state index in [2.05, 4.69) is 20.4 Å². The van der Waals surface area contributed by atoms with Gasteiger partial charge in [0.05, 0.1) is 29.3 Å². The normalized spacial score (nSPS) is 24.5. The third-order valence-electron chi connectivity index (χ3n) is 7.16. The highest BCUT2D eigenvalue weighted by Gasteiger charge is 2.53. The fourth-order valence-corrected chi connectivity index (χ4v) is 5.15. The van der Waals surface area contributed by atoms with Crippen LogP contribution in [0.25, 0.3) is 16.9 Å².